The molecule has 0 N–H and O–H groups in total. The topological polar surface area (TPSA) is 0 Å². The number of thioether (sulfide) groups is 1. The van der Waals surface area contributed by atoms with Crippen LogP contribution >= 0.6 is 33.3 Å². The second kappa shape index (κ2) is 3.28. The van der Waals surface area contributed by atoms with Crippen molar-refractivity contribution in [3.8, 4) is 0 Å². The summed E-state index contributed by atoms with van der Waals surface area (Å²) < 4.78 is 1.69. The molecule has 48 valence electrons. The lowest BCUT2D eigenvalue weighted by molar-refractivity contribution is 1.06. The fourth-order valence-electron chi connectivity index (χ4n) is 0.564. The summed E-state index contributed by atoms with van der Waals surface area (Å²) in [6.45, 7) is 4.53. The van der Waals surface area contributed by atoms with Crippen molar-refractivity contribution in [1.82, 2.24) is 0 Å². The maximum atomic E-state index is 2.28. The monoisotopic (exact) mass is 166 g/mol. The molecule has 3 heteroatoms. The van der Waals surface area contributed by atoms with Crippen LogP contribution in [0.15, 0.2) is 0 Å². The minimum absolute atomic E-state index is 0.824. The average molecular weight is 166 g/mol. The van der Waals surface area contributed by atoms with Crippen molar-refractivity contribution in [2.24, 2.45) is 0 Å². The number of rotatable bonds is 1. The Morgan fingerprint density at radius 3 is 2.38 bits per heavy atom. The Balaban J connectivity index is 2.22. The second-order valence-corrected chi connectivity index (χ2v) is 6.69. The minimum Gasteiger partial charge on any atom is -0.132 e. The van der Waals surface area contributed by atoms with Gasteiger partial charge in [-0.05, 0) is 13.3 Å². The molecule has 2 atom stereocenters. The number of hydrogen-bond donors (Lipinski definition) is 0. The molecule has 1 fully saturated rings. The fraction of sp³-hybridized carbons (Fsp3) is 1.00. The molecule has 0 aromatic carbocycles. The SMILES string of the molecule is CC[C@@H]1SS[C@@H](C)S1. The summed E-state index contributed by atoms with van der Waals surface area (Å²) in [6, 6.07) is 0. The van der Waals surface area contributed by atoms with Crippen LogP contribution in [0.5, 0.6) is 0 Å². The Bertz CT molecular complexity index is 74.1. The van der Waals surface area contributed by atoms with Crippen LogP contribution in [-0.4, -0.2) is 9.16 Å². The summed E-state index contributed by atoms with van der Waals surface area (Å²) in [6.07, 6.45) is 1.31. The van der Waals surface area contributed by atoms with E-state index in [0.717, 1.165) is 9.16 Å². The lowest BCUT2D eigenvalue weighted by Gasteiger charge is -1.99. The first-order valence-electron chi connectivity index (χ1n) is 2.80. The predicted molar refractivity (Wildman–Crippen MR) is 46.3 cm³/mol. The van der Waals surface area contributed by atoms with E-state index in [1.165, 1.54) is 6.42 Å². The van der Waals surface area contributed by atoms with Crippen molar-refractivity contribution >= 4 is 33.3 Å². The van der Waals surface area contributed by atoms with Crippen LogP contribution in [0.3, 0.4) is 0 Å². The highest BCUT2D eigenvalue weighted by molar-refractivity contribution is 8.82. The van der Waals surface area contributed by atoms with Crippen molar-refractivity contribution in [3.05, 3.63) is 0 Å². The molecule has 0 spiro atoms. The lowest BCUT2D eigenvalue weighted by atomic mass is 10.6. The van der Waals surface area contributed by atoms with Gasteiger partial charge in [0.1, 0.15) is 0 Å². The van der Waals surface area contributed by atoms with Gasteiger partial charge in [-0.1, -0.05) is 28.5 Å². The van der Waals surface area contributed by atoms with Crippen molar-refractivity contribution in [2.75, 3.05) is 0 Å². The van der Waals surface area contributed by atoms with Gasteiger partial charge in [0.05, 0.1) is 9.16 Å². The van der Waals surface area contributed by atoms with Crippen molar-refractivity contribution in [2.45, 2.75) is 29.4 Å². The predicted octanol–water partition coefficient (Wildman–Crippen LogP) is 3.20. The summed E-state index contributed by atoms with van der Waals surface area (Å²) in [5.41, 5.74) is 0. The van der Waals surface area contributed by atoms with Gasteiger partial charge in [-0.2, -0.15) is 0 Å². The molecule has 1 heterocycles. The van der Waals surface area contributed by atoms with E-state index < -0.39 is 0 Å². The first kappa shape index (κ1) is 7.16. The maximum absolute atomic E-state index is 2.28. The summed E-state index contributed by atoms with van der Waals surface area (Å²) in [5.74, 6) is 0. The van der Waals surface area contributed by atoms with Gasteiger partial charge in [-0.25, -0.2) is 0 Å². The molecule has 1 rings (SSSR count). The highest BCUT2D eigenvalue weighted by Crippen LogP contribution is 2.51. The van der Waals surface area contributed by atoms with Crippen LogP contribution in [0, 0.1) is 0 Å². The van der Waals surface area contributed by atoms with Gasteiger partial charge < -0.3 is 0 Å². The molecule has 0 saturated carbocycles. The molecule has 0 aromatic heterocycles. The normalized spacial score (nSPS) is 38.2. The standard InChI is InChI=1S/C5H10S3/c1-3-5-6-4(2)7-8-5/h4-5H,3H2,1-2H3/t4-,5-/m0/s1. The van der Waals surface area contributed by atoms with Crippen LogP contribution in [0.4, 0.5) is 0 Å². The first-order chi connectivity index (χ1) is 3.83. The zero-order chi connectivity index (χ0) is 5.98. The van der Waals surface area contributed by atoms with Crippen molar-refractivity contribution in [3.63, 3.8) is 0 Å². The van der Waals surface area contributed by atoms with E-state index in [1.807, 2.05) is 21.6 Å². The smallest absolute Gasteiger partial charge is 0.0615 e. The van der Waals surface area contributed by atoms with Gasteiger partial charge in [-0.15, -0.1) is 11.8 Å². The highest BCUT2D eigenvalue weighted by Gasteiger charge is 2.21. The first-order valence-corrected chi connectivity index (χ1v) is 6.02. The highest BCUT2D eigenvalue weighted by atomic mass is 33.1. The van der Waals surface area contributed by atoms with Gasteiger partial charge in [0.15, 0.2) is 0 Å². The van der Waals surface area contributed by atoms with Gasteiger partial charge in [0.25, 0.3) is 0 Å². The Labute approximate surface area is 63.0 Å². The van der Waals surface area contributed by atoms with Gasteiger partial charge in [-0.3, -0.25) is 0 Å². The molecule has 0 aliphatic carbocycles. The third kappa shape index (κ3) is 1.78. The van der Waals surface area contributed by atoms with Crippen molar-refractivity contribution in [1.29, 1.82) is 0 Å². The lowest BCUT2D eigenvalue weighted by Crippen LogP contribution is -1.87. The molecule has 0 aromatic rings. The Hall–Kier alpha value is 1.05. The summed E-state index contributed by atoms with van der Waals surface area (Å²) in [5, 5.41) is 0. The van der Waals surface area contributed by atoms with Crippen LogP contribution in [0.1, 0.15) is 20.3 Å². The van der Waals surface area contributed by atoms with Crippen molar-refractivity contribution < 1.29 is 0 Å². The molecule has 0 amide bonds. The molecule has 1 aliphatic heterocycles. The maximum Gasteiger partial charge on any atom is 0.0615 e. The molecule has 8 heavy (non-hydrogen) atoms. The molecule has 0 bridgehead atoms. The summed E-state index contributed by atoms with van der Waals surface area (Å²) in [7, 11) is 4.04. The van der Waals surface area contributed by atoms with Crippen LogP contribution in [0.25, 0.3) is 0 Å². The van der Waals surface area contributed by atoms with Gasteiger partial charge in [0, 0.05) is 0 Å². The molecule has 0 nitrogen and oxygen atoms in total. The van der Waals surface area contributed by atoms with E-state index >= 15 is 0 Å². The molecule has 0 radical (unpaired) electrons. The van der Waals surface area contributed by atoms with E-state index in [4.69, 9.17) is 0 Å². The summed E-state index contributed by atoms with van der Waals surface area (Å²) in [4.78, 5) is 0. The fourth-order valence-corrected chi connectivity index (χ4v) is 5.96. The van der Waals surface area contributed by atoms with E-state index in [0.29, 0.717) is 0 Å². The Morgan fingerprint density at radius 2 is 2.12 bits per heavy atom. The molecular weight excluding hydrogens is 156 g/mol. The zero-order valence-electron chi connectivity index (χ0n) is 5.09. The Morgan fingerprint density at radius 1 is 1.38 bits per heavy atom. The molecule has 1 saturated heterocycles. The van der Waals surface area contributed by atoms with Crippen LogP contribution in [0.2, 0.25) is 0 Å². The van der Waals surface area contributed by atoms with E-state index in [9.17, 15) is 0 Å². The second-order valence-electron chi connectivity index (χ2n) is 1.73. The van der Waals surface area contributed by atoms with E-state index in [2.05, 4.69) is 25.6 Å². The Kier molecular flexibility index (Phi) is 2.93. The third-order valence-electron chi connectivity index (χ3n) is 0.975. The van der Waals surface area contributed by atoms with E-state index in [1.54, 1.807) is 0 Å². The third-order valence-corrected chi connectivity index (χ3v) is 6.80. The van der Waals surface area contributed by atoms with Gasteiger partial charge >= 0.3 is 0 Å². The number of hydrogen-bond acceptors (Lipinski definition) is 3. The van der Waals surface area contributed by atoms with Crippen LogP contribution in [-0.2, 0) is 0 Å². The van der Waals surface area contributed by atoms with E-state index in [-0.39, 0.29) is 0 Å². The quantitative estimate of drug-likeness (QED) is 0.549. The summed E-state index contributed by atoms with van der Waals surface area (Å²) >= 11 is 2.09. The minimum atomic E-state index is 0.824. The van der Waals surface area contributed by atoms with Gasteiger partial charge in [0.2, 0.25) is 0 Å². The average Bonchev–Trinajstić information content (AvgIpc) is 2.14. The molecular formula is C5H10S3. The molecule has 1 aliphatic rings. The molecule has 0 unspecified atom stereocenters. The largest absolute Gasteiger partial charge is 0.132 e. The zero-order valence-corrected chi connectivity index (χ0v) is 7.54. The van der Waals surface area contributed by atoms with Crippen LogP contribution < -0.4 is 0 Å².